The van der Waals surface area contributed by atoms with Crippen molar-refractivity contribution in [2.45, 2.75) is 13.0 Å². The van der Waals surface area contributed by atoms with Crippen LogP contribution < -0.4 is 5.56 Å². The van der Waals surface area contributed by atoms with Crippen LogP contribution in [-0.4, -0.2) is 14.5 Å². The molecule has 29 heavy (non-hydrogen) atoms. The average Bonchev–Trinajstić information content (AvgIpc) is 2.74. The molecule has 0 spiro atoms. The Hall–Kier alpha value is -3.85. The Kier molecular flexibility index (Phi) is 5.12. The third-order valence-electron chi connectivity index (χ3n) is 4.37. The van der Waals surface area contributed by atoms with Crippen molar-refractivity contribution >= 4 is 11.0 Å². The van der Waals surface area contributed by atoms with Crippen LogP contribution in [0.15, 0.2) is 71.8 Å². The van der Waals surface area contributed by atoms with Gasteiger partial charge in [-0.1, -0.05) is 42.3 Å². The van der Waals surface area contributed by atoms with Gasteiger partial charge < -0.3 is 4.57 Å². The van der Waals surface area contributed by atoms with Gasteiger partial charge in [-0.3, -0.25) is 9.78 Å². The Labute approximate surface area is 165 Å². The number of halogens is 2. The lowest BCUT2D eigenvalue weighted by atomic mass is 10.1. The van der Waals surface area contributed by atoms with Crippen molar-refractivity contribution in [3.8, 4) is 11.8 Å². The topological polar surface area (TPSA) is 47.8 Å². The zero-order valence-electron chi connectivity index (χ0n) is 15.3. The zero-order valence-corrected chi connectivity index (χ0v) is 15.3. The van der Waals surface area contributed by atoms with Crippen molar-refractivity contribution in [3.05, 3.63) is 106 Å². The fourth-order valence-corrected chi connectivity index (χ4v) is 2.89. The van der Waals surface area contributed by atoms with Crippen molar-refractivity contribution in [2.75, 3.05) is 0 Å². The molecule has 4 rings (SSSR count). The van der Waals surface area contributed by atoms with Gasteiger partial charge in [0.1, 0.15) is 5.69 Å². The standard InChI is InChI=1S/C23H15F2N3O/c24-19-10-9-17(13-20(19)25)15-28-12-11-21-22(23(28)29)27-18(14-26-21)8-4-7-16-5-2-1-3-6-16/h1-3,5-6,9-14H,7,15H2. The normalized spacial score (nSPS) is 10.6. The van der Waals surface area contributed by atoms with Crippen LogP contribution >= 0.6 is 0 Å². The Balaban J connectivity index is 1.63. The predicted molar refractivity (Wildman–Crippen MR) is 106 cm³/mol. The van der Waals surface area contributed by atoms with E-state index in [1.54, 1.807) is 12.3 Å². The van der Waals surface area contributed by atoms with Crippen LogP contribution in [-0.2, 0) is 13.0 Å². The van der Waals surface area contributed by atoms with E-state index in [1.807, 2.05) is 30.3 Å². The average molecular weight is 387 g/mol. The highest BCUT2D eigenvalue weighted by molar-refractivity contribution is 5.73. The summed E-state index contributed by atoms with van der Waals surface area (Å²) >= 11 is 0. The first-order valence-electron chi connectivity index (χ1n) is 8.93. The van der Waals surface area contributed by atoms with Gasteiger partial charge >= 0.3 is 0 Å². The molecule has 2 heterocycles. The Bertz CT molecular complexity index is 1300. The first kappa shape index (κ1) is 18.5. The summed E-state index contributed by atoms with van der Waals surface area (Å²) in [6.07, 6.45) is 3.65. The van der Waals surface area contributed by atoms with Gasteiger partial charge in [0.25, 0.3) is 5.56 Å². The number of aromatic nitrogens is 3. The van der Waals surface area contributed by atoms with Gasteiger partial charge in [-0.2, -0.15) is 0 Å². The molecule has 0 N–H and O–H groups in total. The monoisotopic (exact) mass is 387 g/mol. The van der Waals surface area contributed by atoms with Crippen molar-refractivity contribution in [1.82, 2.24) is 14.5 Å². The molecule has 0 aliphatic heterocycles. The minimum absolute atomic E-state index is 0.0948. The molecular formula is C23H15F2N3O. The third kappa shape index (κ3) is 4.19. The summed E-state index contributed by atoms with van der Waals surface area (Å²) in [6.45, 7) is 0.0948. The van der Waals surface area contributed by atoms with Crippen LogP contribution in [0.1, 0.15) is 16.8 Å². The molecule has 0 aliphatic carbocycles. The molecule has 0 aliphatic rings. The first-order chi connectivity index (χ1) is 14.1. The van der Waals surface area contributed by atoms with Crippen LogP contribution in [0.25, 0.3) is 11.0 Å². The van der Waals surface area contributed by atoms with Crippen molar-refractivity contribution < 1.29 is 8.78 Å². The molecule has 0 saturated heterocycles. The molecule has 2 aromatic carbocycles. The number of hydrogen-bond acceptors (Lipinski definition) is 3. The Morgan fingerprint density at radius 1 is 0.966 bits per heavy atom. The maximum atomic E-state index is 13.4. The molecule has 0 atom stereocenters. The highest BCUT2D eigenvalue weighted by Gasteiger charge is 2.08. The second-order valence-corrected chi connectivity index (χ2v) is 6.45. The number of hydrogen-bond donors (Lipinski definition) is 0. The lowest BCUT2D eigenvalue weighted by Crippen LogP contribution is -2.21. The van der Waals surface area contributed by atoms with Gasteiger partial charge in [0.05, 0.1) is 18.3 Å². The van der Waals surface area contributed by atoms with Gasteiger partial charge in [0.2, 0.25) is 0 Å². The molecule has 2 aromatic heterocycles. The van der Waals surface area contributed by atoms with Gasteiger partial charge in [-0.05, 0) is 35.2 Å². The van der Waals surface area contributed by atoms with E-state index < -0.39 is 11.6 Å². The van der Waals surface area contributed by atoms with Crippen LogP contribution in [0.2, 0.25) is 0 Å². The molecule has 0 unspecified atom stereocenters. The second kappa shape index (κ2) is 8.03. The lowest BCUT2D eigenvalue weighted by Gasteiger charge is -2.07. The molecule has 0 amide bonds. The van der Waals surface area contributed by atoms with Crippen molar-refractivity contribution in [1.29, 1.82) is 0 Å². The van der Waals surface area contributed by atoms with Gasteiger partial charge in [0, 0.05) is 12.6 Å². The summed E-state index contributed by atoms with van der Waals surface area (Å²) in [4.78, 5) is 21.4. The van der Waals surface area contributed by atoms with E-state index in [0.29, 0.717) is 23.2 Å². The van der Waals surface area contributed by atoms with Gasteiger partial charge in [-0.15, -0.1) is 0 Å². The van der Waals surface area contributed by atoms with E-state index in [1.165, 1.54) is 16.8 Å². The summed E-state index contributed by atoms with van der Waals surface area (Å²) in [7, 11) is 0. The fraction of sp³-hybridized carbons (Fsp3) is 0.0870. The van der Waals surface area contributed by atoms with Crippen LogP contribution in [0.4, 0.5) is 8.78 Å². The van der Waals surface area contributed by atoms with E-state index in [4.69, 9.17) is 0 Å². The molecule has 4 aromatic rings. The molecule has 0 bridgehead atoms. The molecule has 142 valence electrons. The van der Waals surface area contributed by atoms with Gasteiger partial charge in [0.15, 0.2) is 17.2 Å². The first-order valence-corrected chi connectivity index (χ1v) is 8.93. The van der Waals surface area contributed by atoms with E-state index in [0.717, 1.165) is 17.7 Å². The van der Waals surface area contributed by atoms with Crippen molar-refractivity contribution in [2.24, 2.45) is 0 Å². The number of benzene rings is 2. The maximum Gasteiger partial charge on any atom is 0.279 e. The summed E-state index contributed by atoms with van der Waals surface area (Å²) < 4.78 is 27.9. The molecule has 0 saturated carbocycles. The smallest absolute Gasteiger partial charge is 0.279 e. The summed E-state index contributed by atoms with van der Waals surface area (Å²) in [5.41, 5.74) is 2.22. The fourth-order valence-electron chi connectivity index (χ4n) is 2.89. The molecule has 0 radical (unpaired) electrons. The van der Waals surface area contributed by atoms with E-state index in [2.05, 4.69) is 21.8 Å². The van der Waals surface area contributed by atoms with Crippen LogP contribution in [0.3, 0.4) is 0 Å². The van der Waals surface area contributed by atoms with Gasteiger partial charge in [-0.25, -0.2) is 13.8 Å². The lowest BCUT2D eigenvalue weighted by molar-refractivity contribution is 0.506. The number of fused-ring (bicyclic) bond motifs is 1. The summed E-state index contributed by atoms with van der Waals surface area (Å²) in [5, 5.41) is 0. The maximum absolute atomic E-state index is 13.4. The Morgan fingerprint density at radius 2 is 1.79 bits per heavy atom. The number of pyridine rings is 1. The minimum Gasteiger partial charge on any atom is -0.309 e. The Morgan fingerprint density at radius 3 is 2.59 bits per heavy atom. The van der Waals surface area contributed by atoms with Crippen LogP contribution in [0.5, 0.6) is 0 Å². The third-order valence-corrected chi connectivity index (χ3v) is 4.37. The van der Waals surface area contributed by atoms with E-state index in [9.17, 15) is 13.6 Å². The zero-order chi connectivity index (χ0) is 20.2. The SMILES string of the molecule is O=c1c2nc(C#CCc3ccccc3)cnc2ccn1Cc1ccc(F)c(F)c1. The molecular weight excluding hydrogens is 372 g/mol. The van der Waals surface area contributed by atoms with Crippen molar-refractivity contribution in [3.63, 3.8) is 0 Å². The summed E-state index contributed by atoms with van der Waals surface area (Å²) in [5.74, 6) is 4.08. The predicted octanol–water partition coefficient (Wildman–Crippen LogP) is 3.71. The quantitative estimate of drug-likeness (QED) is 0.504. The number of nitrogens with zero attached hydrogens (tertiary/aromatic N) is 3. The van der Waals surface area contributed by atoms with Crippen LogP contribution in [0, 0.1) is 23.5 Å². The highest BCUT2D eigenvalue weighted by Crippen LogP contribution is 2.11. The summed E-state index contributed by atoms with van der Waals surface area (Å²) in [6, 6.07) is 15.0. The molecule has 4 nitrogen and oxygen atoms in total. The largest absolute Gasteiger partial charge is 0.309 e. The second-order valence-electron chi connectivity index (χ2n) is 6.45. The minimum atomic E-state index is -0.952. The molecule has 6 heteroatoms. The van der Waals surface area contributed by atoms with E-state index in [-0.39, 0.29) is 17.6 Å². The van der Waals surface area contributed by atoms with E-state index >= 15 is 0 Å². The highest BCUT2D eigenvalue weighted by atomic mass is 19.2. The number of rotatable bonds is 3. The molecule has 0 fully saturated rings.